The van der Waals surface area contributed by atoms with E-state index in [1.807, 2.05) is 30.3 Å². The van der Waals surface area contributed by atoms with Crippen LogP contribution in [0.25, 0.3) is 11.1 Å². The minimum Gasteiger partial charge on any atom is -0.507 e. The van der Waals surface area contributed by atoms with Gasteiger partial charge in [-0.3, -0.25) is 28.9 Å². The fourth-order valence-corrected chi connectivity index (χ4v) is 6.94. The highest BCUT2D eigenvalue weighted by atomic mass is 16.3. The predicted octanol–water partition coefficient (Wildman–Crippen LogP) is 0.0658. The third kappa shape index (κ3) is 3.20. The first kappa shape index (κ1) is 25.9. The van der Waals surface area contributed by atoms with E-state index in [0.29, 0.717) is 11.1 Å². The molecule has 3 aliphatic carbocycles. The lowest BCUT2D eigenvalue weighted by molar-refractivity contribution is -0.196. The van der Waals surface area contributed by atoms with Crippen molar-refractivity contribution in [1.82, 2.24) is 4.90 Å². The summed E-state index contributed by atoms with van der Waals surface area (Å²) < 4.78 is 0. The number of phenolic OH excluding ortho intramolecular Hbond substituents is 1. The molecule has 0 radical (unpaired) electrons. The van der Waals surface area contributed by atoms with E-state index < -0.39 is 76.4 Å². The number of aliphatic hydroxyl groups is 2. The van der Waals surface area contributed by atoms with Crippen LogP contribution in [0.15, 0.2) is 42.5 Å². The van der Waals surface area contributed by atoms with Crippen LogP contribution in [-0.4, -0.2) is 81.1 Å². The van der Waals surface area contributed by atoms with Crippen molar-refractivity contribution >= 4 is 29.0 Å². The number of carbonyl (C=O) groups is 5. The number of benzene rings is 2. The number of aliphatic hydroxyl groups excluding tert-OH is 1. The number of Topliss-reactive ketones (excluding diaryl/α,β-unsaturated/α-hetero) is 4. The summed E-state index contributed by atoms with van der Waals surface area (Å²) in [5.74, 6) is -13.4. The summed E-state index contributed by atoms with van der Waals surface area (Å²) in [6.45, 7) is 1.69. The Morgan fingerprint density at radius 2 is 1.63 bits per heavy atom. The molecule has 0 aromatic heterocycles. The number of aromatic hydroxyl groups is 1. The number of amides is 1. The lowest BCUT2D eigenvalue weighted by Gasteiger charge is -2.56. The number of hydrogen-bond donors (Lipinski definition) is 4. The normalized spacial score (nSPS) is 34.5. The molecule has 5 rings (SSSR count). The number of nitrogens with zero attached hydrogens (tertiary/aromatic N) is 1. The second-order valence-corrected chi connectivity index (χ2v) is 10.7. The number of phenols is 1. The van der Waals surface area contributed by atoms with Gasteiger partial charge in [-0.05, 0) is 42.8 Å². The highest BCUT2D eigenvalue weighted by Gasteiger charge is 2.73. The summed E-state index contributed by atoms with van der Waals surface area (Å²) in [4.78, 5) is 67.9. The van der Waals surface area contributed by atoms with Gasteiger partial charge in [-0.2, -0.15) is 0 Å². The molecule has 10 heteroatoms. The largest absolute Gasteiger partial charge is 0.507 e. The lowest BCUT2D eigenvalue weighted by atomic mass is 9.49. The zero-order chi connectivity index (χ0) is 27.8. The van der Waals surface area contributed by atoms with Crippen LogP contribution in [-0.2, 0) is 19.2 Å². The van der Waals surface area contributed by atoms with Gasteiger partial charge in [-0.15, -0.1) is 0 Å². The molecule has 2 fully saturated rings. The van der Waals surface area contributed by atoms with Gasteiger partial charge in [0.2, 0.25) is 5.91 Å². The average molecular weight is 521 g/mol. The Bertz CT molecular complexity index is 1400. The van der Waals surface area contributed by atoms with Crippen molar-refractivity contribution in [3.8, 4) is 16.9 Å². The van der Waals surface area contributed by atoms with Crippen molar-refractivity contribution in [2.75, 3.05) is 14.1 Å². The Hall–Kier alpha value is -3.73. The number of likely N-dealkylation sites (N-methyl/N-ethyl adjacent to an activating group) is 1. The average Bonchev–Trinajstić information content (AvgIpc) is 2.86. The van der Waals surface area contributed by atoms with Crippen LogP contribution in [0.3, 0.4) is 0 Å². The monoisotopic (exact) mass is 520 g/mol. The highest BCUT2D eigenvalue weighted by Crippen LogP contribution is 2.55. The highest BCUT2D eigenvalue weighted by molar-refractivity contribution is 6.32. The van der Waals surface area contributed by atoms with E-state index in [-0.39, 0.29) is 11.3 Å². The van der Waals surface area contributed by atoms with Gasteiger partial charge in [-0.25, -0.2) is 0 Å². The number of ketones is 4. The Morgan fingerprint density at radius 3 is 2.21 bits per heavy atom. The topological polar surface area (TPSA) is 175 Å². The molecule has 0 spiro atoms. The van der Waals surface area contributed by atoms with Gasteiger partial charge >= 0.3 is 0 Å². The lowest BCUT2D eigenvalue weighted by Crippen LogP contribution is -2.77. The quantitative estimate of drug-likeness (QED) is 0.408. The molecule has 1 amide bonds. The van der Waals surface area contributed by atoms with Gasteiger partial charge in [0.1, 0.15) is 5.75 Å². The first-order valence-corrected chi connectivity index (χ1v) is 12.3. The molecule has 3 aliphatic rings. The van der Waals surface area contributed by atoms with Crippen LogP contribution >= 0.6 is 0 Å². The van der Waals surface area contributed by atoms with Crippen LogP contribution in [0.5, 0.6) is 5.75 Å². The van der Waals surface area contributed by atoms with E-state index in [4.69, 9.17) is 5.73 Å². The minimum absolute atomic E-state index is 0.127. The van der Waals surface area contributed by atoms with Crippen LogP contribution in [0.2, 0.25) is 0 Å². The molecule has 0 saturated heterocycles. The van der Waals surface area contributed by atoms with Gasteiger partial charge in [0.05, 0.1) is 29.5 Å². The maximum atomic E-state index is 14.0. The molecule has 0 bridgehead atoms. The van der Waals surface area contributed by atoms with E-state index in [1.165, 1.54) is 25.1 Å². The summed E-state index contributed by atoms with van der Waals surface area (Å²) in [7, 11) is 2.91. The molecular formula is C28H28N2O8. The molecule has 38 heavy (non-hydrogen) atoms. The number of carbonyl (C=O) groups excluding carboxylic acids is 5. The van der Waals surface area contributed by atoms with Crippen molar-refractivity contribution in [3.05, 3.63) is 53.6 Å². The van der Waals surface area contributed by atoms with E-state index in [1.54, 1.807) is 13.0 Å². The first-order chi connectivity index (χ1) is 17.8. The molecule has 2 aromatic rings. The molecule has 10 nitrogen and oxygen atoms in total. The summed E-state index contributed by atoms with van der Waals surface area (Å²) in [6.07, 6.45) is -1.67. The van der Waals surface area contributed by atoms with Crippen LogP contribution in [0.4, 0.5) is 0 Å². The molecule has 0 heterocycles. The maximum Gasteiger partial charge on any atom is 0.235 e. The molecule has 2 saturated carbocycles. The van der Waals surface area contributed by atoms with Gasteiger partial charge in [-0.1, -0.05) is 43.3 Å². The number of fused-ring (bicyclic) bond motifs is 3. The molecule has 8 atom stereocenters. The SMILES string of the molecule is C[C@H]1c2c(-c3ccccc3)ccc(O)c2C(=O)C2C(=O)[C@]3(O)C(=O)C(C(N)=O)C(=O)[C@@H](N(C)C)[C@@H]3[C@@H](O)[C@@H]21. The van der Waals surface area contributed by atoms with Crippen LogP contribution in [0, 0.1) is 23.7 Å². The smallest absolute Gasteiger partial charge is 0.235 e. The van der Waals surface area contributed by atoms with Gasteiger partial charge in [0.25, 0.3) is 0 Å². The molecule has 198 valence electrons. The van der Waals surface area contributed by atoms with Crippen molar-refractivity contribution in [1.29, 1.82) is 0 Å². The second kappa shape index (κ2) is 8.65. The van der Waals surface area contributed by atoms with Crippen molar-refractivity contribution in [3.63, 3.8) is 0 Å². The maximum absolute atomic E-state index is 14.0. The Morgan fingerprint density at radius 1 is 1.00 bits per heavy atom. The predicted molar refractivity (Wildman–Crippen MR) is 133 cm³/mol. The molecule has 2 unspecified atom stereocenters. The van der Waals surface area contributed by atoms with Gasteiger partial charge in [0, 0.05) is 5.92 Å². The van der Waals surface area contributed by atoms with Crippen molar-refractivity contribution < 1.29 is 39.3 Å². The number of rotatable bonds is 3. The minimum atomic E-state index is -3.01. The number of primary amides is 1. The molecular weight excluding hydrogens is 492 g/mol. The molecule has 5 N–H and O–H groups in total. The number of hydrogen-bond acceptors (Lipinski definition) is 9. The van der Waals surface area contributed by atoms with E-state index >= 15 is 0 Å². The Balaban J connectivity index is 1.75. The van der Waals surface area contributed by atoms with Crippen LogP contribution in [0.1, 0.15) is 28.8 Å². The first-order valence-electron chi connectivity index (χ1n) is 12.3. The standard InChI is InChI=1S/C28H28N2O8/c1-11-15-13(12-7-5-4-6-8-12)9-10-14(31)17(15)22(32)18-16(11)23(33)20-21(30(2)3)24(34)19(27(29)37)26(36)28(20,38)25(18)35/h4-11,16,18-21,23,31,33,38H,1-3H3,(H2,29,37)/t11-,16+,18?,19?,20+,21-,23-,28-/m0/s1. The number of nitrogens with two attached hydrogens (primary N) is 1. The summed E-state index contributed by atoms with van der Waals surface area (Å²) in [6, 6.07) is 10.7. The van der Waals surface area contributed by atoms with Crippen LogP contribution < -0.4 is 5.73 Å². The molecule has 0 aliphatic heterocycles. The second-order valence-electron chi connectivity index (χ2n) is 10.7. The third-order valence-corrected chi connectivity index (χ3v) is 8.55. The van der Waals surface area contributed by atoms with Crippen molar-refractivity contribution in [2.45, 2.75) is 30.6 Å². The summed E-state index contributed by atoms with van der Waals surface area (Å²) >= 11 is 0. The Labute approximate surface area is 218 Å². The Kier molecular flexibility index (Phi) is 5.90. The zero-order valence-electron chi connectivity index (χ0n) is 21.0. The zero-order valence-corrected chi connectivity index (χ0v) is 21.0. The molecule has 2 aromatic carbocycles. The third-order valence-electron chi connectivity index (χ3n) is 8.55. The van der Waals surface area contributed by atoms with E-state index in [2.05, 4.69) is 0 Å². The fourth-order valence-electron chi connectivity index (χ4n) is 6.94. The fraction of sp³-hybridized carbons (Fsp3) is 0.393. The van der Waals surface area contributed by atoms with Gasteiger partial charge < -0.3 is 21.1 Å². The van der Waals surface area contributed by atoms with Crippen molar-refractivity contribution in [2.24, 2.45) is 29.4 Å². The summed E-state index contributed by atoms with van der Waals surface area (Å²) in [5, 5.41) is 34.2. The summed E-state index contributed by atoms with van der Waals surface area (Å²) in [5.41, 5.74) is 3.97. The van der Waals surface area contributed by atoms with E-state index in [9.17, 15) is 39.3 Å². The van der Waals surface area contributed by atoms with Gasteiger partial charge in [0.15, 0.2) is 34.7 Å². The van der Waals surface area contributed by atoms with E-state index in [0.717, 1.165) is 5.56 Å².